The topological polar surface area (TPSA) is 82.5 Å². The smallest absolute Gasteiger partial charge is 0.317 e. The number of amides is 2. The average Bonchev–Trinajstić information content (AvgIpc) is 2.87. The molecule has 1 saturated heterocycles. The van der Waals surface area contributed by atoms with Gasteiger partial charge in [0.05, 0.1) is 18.2 Å². The van der Waals surface area contributed by atoms with Crippen molar-refractivity contribution in [2.45, 2.75) is 26.8 Å². The third-order valence-corrected chi connectivity index (χ3v) is 3.99. The second-order valence-electron chi connectivity index (χ2n) is 5.45. The summed E-state index contributed by atoms with van der Waals surface area (Å²) in [5, 5.41) is 11.9. The first-order valence-corrected chi connectivity index (χ1v) is 7.21. The number of carboxylic acid groups (broad SMARTS) is 1. The number of hydrogen-bond donors (Lipinski definition) is 2. The van der Waals surface area contributed by atoms with Crippen molar-refractivity contribution in [2.24, 2.45) is 11.8 Å². The van der Waals surface area contributed by atoms with Crippen LogP contribution in [0.5, 0.6) is 0 Å². The maximum absolute atomic E-state index is 12.1. The van der Waals surface area contributed by atoms with E-state index in [9.17, 15) is 9.59 Å². The number of aliphatic carboxylic acids is 1. The van der Waals surface area contributed by atoms with Crippen molar-refractivity contribution in [1.29, 1.82) is 0 Å². The normalized spacial score (nSPS) is 21.3. The summed E-state index contributed by atoms with van der Waals surface area (Å²) in [6, 6.07) is 3.65. The standard InChI is InChI=1S/C15H21N3O3/c1-3-11-5-4-6-16-13(11)7-17-15(21)18-8-10(2)12(9-18)14(19)20/h4-6,10,12H,3,7-9H2,1-2H3,(H,17,21)(H,19,20)/t10-,12-/m1/s1. The Morgan fingerprint density at radius 2 is 2.24 bits per heavy atom. The lowest BCUT2D eigenvalue weighted by atomic mass is 9.99. The van der Waals surface area contributed by atoms with E-state index in [0.717, 1.165) is 17.7 Å². The number of carboxylic acids is 1. The minimum Gasteiger partial charge on any atom is -0.481 e. The number of carbonyl (C=O) groups is 2. The molecule has 114 valence electrons. The summed E-state index contributed by atoms with van der Waals surface area (Å²) >= 11 is 0. The molecule has 0 saturated carbocycles. The molecule has 0 aliphatic carbocycles. The Morgan fingerprint density at radius 1 is 1.48 bits per heavy atom. The molecule has 1 aliphatic rings. The largest absolute Gasteiger partial charge is 0.481 e. The van der Waals surface area contributed by atoms with Crippen molar-refractivity contribution in [3.63, 3.8) is 0 Å². The number of hydrogen-bond acceptors (Lipinski definition) is 3. The molecule has 0 bridgehead atoms. The maximum atomic E-state index is 12.1. The van der Waals surface area contributed by atoms with Crippen LogP contribution in [0.3, 0.4) is 0 Å². The van der Waals surface area contributed by atoms with Gasteiger partial charge in [-0.1, -0.05) is 19.9 Å². The summed E-state index contributed by atoms with van der Waals surface area (Å²) < 4.78 is 0. The van der Waals surface area contributed by atoms with Gasteiger partial charge < -0.3 is 15.3 Å². The van der Waals surface area contributed by atoms with Crippen molar-refractivity contribution in [3.8, 4) is 0 Å². The minimum atomic E-state index is -0.837. The zero-order valence-electron chi connectivity index (χ0n) is 12.4. The molecule has 0 spiro atoms. The molecule has 2 N–H and O–H groups in total. The highest BCUT2D eigenvalue weighted by Crippen LogP contribution is 2.23. The van der Waals surface area contributed by atoms with E-state index in [1.807, 2.05) is 26.0 Å². The zero-order valence-corrected chi connectivity index (χ0v) is 12.4. The SMILES string of the molecule is CCc1cccnc1CNC(=O)N1C[C@@H](C)[C@H](C(=O)O)C1. The number of likely N-dealkylation sites (tertiary alicyclic amines) is 1. The van der Waals surface area contributed by atoms with Crippen LogP contribution in [0.4, 0.5) is 4.79 Å². The molecule has 21 heavy (non-hydrogen) atoms. The lowest BCUT2D eigenvalue weighted by Gasteiger charge is -2.17. The summed E-state index contributed by atoms with van der Waals surface area (Å²) in [6.07, 6.45) is 2.57. The highest BCUT2D eigenvalue weighted by molar-refractivity contribution is 5.77. The lowest BCUT2D eigenvalue weighted by molar-refractivity contribution is -0.142. The fourth-order valence-electron chi connectivity index (χ4n) is 2.68. The van der Waals surface area contributed by atoms with Gasteiger partial charge in [-0.25, -0.2) is 4.79 Å². The Bertz CT molecular complexity index is 533. The van der Waals surface area contributed by atoms with Gasteiger partial charge in [-0.05, 0) is 24.0 Å². The third kappa shape index (κ3) is 3.51. The molecule has 6 nitrogen and oxygen atoms in total. The summed E-state index contributed by atoms with van der Waals surface area (Å²) in [4.78, 5) is 29.0. The van der Waals surface area contributed by atoms with Gasteiger partial charge in [0, 0.05) is 19.3 Å². The van der Waals surface area contributed by atoms with E-state index in [1.54, 1.807) is 11.1 Å². The third-order valence-electron chi connectivity index (χ3n) is 3.99. The second kappa shape index (κ2) is 6.56. The molecule has 2 rings (SSSR count). The number of urea groups is 1. The van der Waals surface area contributed by atoms with E-state index < -0.39 is 11.9 Å². The van der Waals surface area contributed by atoms with Crippen LogP contribution in [0.1, 0.15) is 25.1 Å². The van der Waals surface area contributed by atoms with Crippen LogP contribution in [0, 0.1) is 11.8 Å². The summed E-state index contributed by atoms with van der Waals surface area (Å²) in [5.74, 6) is -1.33. The number of rotatable bonds is 4. The second-order valence-corrected chi connectivity index (χ2v) is 5.45. The molecular formula is C15H21N3O3. The number of aryl methyl sites for hydroxylation is 1. The average molecular weight is 291 g/mol. The van der Waals surface area contributed by atoms with Crippen molar-refractivity contribution in [2.75, 3.05) is 13.1 Å². The summed E-state index contributed by atoms with van der Waals surface area (Å²) in [5.41, 5.74) is 1.96. The fraction of sp³-hybridized carbons (Fsp3) is 0.533. The number of carbonyl (C=O) groups excluding carboxylic acids is 1. The molecule has 6 heteroatoms. The Balaban J connectivity index is 1.92. The van der Waals surface area contributed by atoms with Crippen molar-refractivity contribution < 1.29 is 14.7 Å². The van der Waals surface area contributed by atoms with Crippen LogP contribution >= 0.6 is 0 Å². The molecular weight excluding hydrogens is 270 g/mol. The first kappa shape index (κ1) is 15.3. The predicted octanol–water partition coefficient (Wildman–Crippen LogP) is 1.51. The van der Waals surface area contributed by atoms with Crippen LogP contribution < -0.4 is 5.32 Å². The lowest BCUT2D eigenvalue weighted by Crippen LogP contribution is -2.39. The molecule has 0 unspecified atom stereocenters. The van der Waals surface area contributed by atoms with Crippen molar-refractivity contribution in [1.82, 2.24) is 15.2 Å². The van der Waals surface area contributed by atoms with Gasteiger partial charge in [-0.15, -0.1) is 0 Å². The highest BCUT2D eigenvalue weighted by atomic mass is 16.4. The molecule has 2 heterocycles. The molecule has 0 radical (unpaired) electrons. The number of aromatic nitrogens is 1. The van der Waals surface area contributed by atoms with Crippen LogP contribution in [0.25, 0.3) is 0 Å². The van der Waals surface area contributed by atoms with E-state index in [4.69, 9.17) is 5.11 Å². The predicted molar refractivity (Wildman–Crippen MR) is 77.7 cm³/mol. The van der Waals surface area contributed by atoms with E-state index in [0.29, 0.717) is 13.1 Å². The van der Waals surface area contributed by atoms with Crippen LogP contribution in [-0.4, -0.2) is 40.1 Å². The van der Waals surface area contributed by atoms with Gasteiger partial charge in [0.15, 0.2) is 0 Å². The molecule has 2 atom stereocenters. The van der Waals surface area contributed by atoms with Gasteiger partial charge in [0.1, 0.15) is 0 Å². The Kier molecular flexibility index (Phi) is 4.77. The Morgan fingerprint density at radius 3 is 2.86 bits per heavy atom. The summed E-state index contributed by atoms with van der Waals surface area (Å²) in [7, 11) is 0. The number of nitrogens with zero attached hydrogens (tertiary/aromatic N) is 2. The Hall–Kier alpha value is -2.11. The van der Waals surface area contributed by atoms with E-state index >= 15 is 0 Å². The van der Waals surface area contributed by atoms with E-state index in [-0.39, 0.29) is 18.5 Å². The highest BCUT2D eigenvalue weighted by Gasteiger charge is 2.36. The van der Waals surface area contributed by atoms with Gasteiger partial charge in [0.25, 0.3) is 0 Å². The summed E-state index contributed by atoms with van der Waals surface area (Å²) in [6.45, 7) is 5.02. The first-order valence-electron chi connectivity index (χ1n) is 7.21. The Labute approximate surface area is 124 Å². The molecule has 0 aromatic carbocycles. The molecule has 1 fully saturated rings. The van der Waals surface area contributed by atoms with Gasteiger partial charge in [-0.3, -0.25) is 9.78 Å². The molecule has 1 aromatic rings. The van der Waals surface area contributed by atoms with Crippen LogP contribution in [-0.2, 0) is 17.8 Å². The molecule has 1 aromatic heterocycles. The fourth-order valence-corrected chi connectivity index (χ4v) is 2.68. The van der Waals surface area contributed by atoms with Crippen molar-refractivity contribution in [3.05, 3.63) is 29.6 Å². The van der Waals surface area contributed by atoms with Gasteiger partial charge >= 0.3 is 12.0 Å². The number of nitrogens with one attached hydrogen (secondary N) is 1. The molecule has 2 amide bonds. The number of pyridine rings is 1. The molecule has 1 aliphatic heterocycles. The monoisotopic (exact) mass is 291 g/mol. The first-order chi connectivity index (χ1) is 10.0. The quantitative estimate of drug-likeness (QED) is 0.881. The van der Waals surface area contributed by atoms with Gasteiger partial charge in [0.2, 0.25) is 0 Å². The van der Waals surface area contributed by atoms with Gasteiger partial charge in [-0.2, -0.15) is 0 Å². The van der Waals surface area contributed by atoms with E-state index in [2.05, 4.69) is 10.3 Å². The van der Waals surface area contributed by atoms with E-state index in [1.165, 1.54) is 0 Å². The van der Waals surface area contributed by atoms with Crippen LogP contribution in [0.15, 0.2) is 18.3 Å². The minimum absolute atomic E-state index is 0.0192. The zero-order chi connectivity index (χ0) is 15.4. The van der Waals surface area contributed by atoms with Crippen LogP contribution in [0.2, 0.25) is 0 Å². The maximum Gasteiger partial charge on any atom is 0.317 e. The van der Waals surface area contributed by atoms with Crippen molar-refractivity contribution >= 4 is 12.0 Å².